The third-order valence-electron chi connectivity index (χ3n) is 2.75. The van der Waals surface area contributed by atoms with Crippen LogP contribution in [-0.4, -0.2) is 48.6 Å². The SMILES string of the molecule is COCCc1nsc(NCCC2(C)OCCO2)n1. The van der Waals surface area contributed by atoms with Gasteiger partial charge >= 0.3 is 0 Å². The first-order valence-corrected chi connectivity index (χ1v) is 6.82. The van der Waals surface area contributed by atoms with Gasteiger partial charge in [0.2, 0.25) is 5.13 Å². The number of aromatic nitrogens is 2. The molecule has 0 aliphatic carbocycles. The Hall–Kier alpha value is -0.760. The second-order valence-electron chi connectivity index (χ2n) is 4.27. The largest absolute Gasteiger partial charge is 0.384 e. The molecule has 1 aliphatic rings. The minimum absolute atomic E-state index is 0.448. The molecule has 1 N–H and O–H groups in total. The van der Waals surface area contributed by atoms with Crippen molar-refractivity contribution in [2.75, 3.05) is 38.8 Å². The highest BCUT2D eigenvalue weighted by atomic mass is 32.1. The van der Waals surface area contributed by atoms with Crippen molar-refractivity contribution in [3.63, 3.8) is 0 Å². The molecular weight excluding hydrogens is 254 g/mol. The fraction of sp³-hybridized carbons (Fsp3) is 0.818. The van der Waals surface area contributed by atoms with E-state index in [0.29, 0.717) is 19.8 Å². The van der Waals surface area contributed by atoms with Crippen molar-refractivity contribution in [3.8, 4) is 0 Å². The van der Waals surface area contributed by atoms with Gasteiger partial charge in [0.05, 0.1) is 19.8 Å². The van der Waals surface area contributed by atoms with Crippen LogP contribution in [0.5, 0.6) is 0 Å². The van der Waals surface area contributed by atoms with Gasteiger partial charge < -0.3 is 19.5 Å². The number of nitrogens with one attached hydrogen (secondary N) is 1. The van der Waals surface area contributed by atoms with Crippen LogP contribution in [0.1, 0.15) is 19.2 Å². The molecule has 18 heavy (non-hydrogen) atoms. The van der Waals surface area contributed by atoms with Gasteiger partial charge in [-0.3, -0.25) is 0 Å². The molecule has 102 valence electrons. The molecular formula is C11H19N3O3S. The van der Waals surface area contributed by atoms with Crippen molar-refractivity contribution >= 4 is 16.7 Å². The summed E-state index contributed by atoms with van der Waals surface area (Å²) in [6, 6.07) is 0. The zero-order chi connectivity index (χ0) is 12.8. The molecule has 1 saturated heterocycles. The number of nitrogens with zero attached hydrogens (tertiary/aromatic N) is 2. The summed E-state index contributed by atoms with van der Waals surface area (Å²) in [5.74, 6) is 0.375. The summed E-state index contributed by atoms with van der Waals surface area (Å²) in [6.45, 7) is 4.73. The Labute approximate surface area is 111 Å². The van der Waals surface area contributed by atoms with Crippen LogP contribution in [0, 0.1) is 0 Å². The Balaban J connectivity index is 1.71. The number of rotatable bonds is 7. The molecule has 0 bridgehead atoms. The summed E-state index contributed by atoms with van der Waals surface area (Å²) >= 11 is 1.37. The van der Waals surface area contributed by atoms with Crippen molar-refractivity contribution in [2.24, 2.45) is 0 Å². The summed E-state index contributed by atoms with van der Waals surface area (Å²) in [5.41, 5.74) is 0. The van der Waals surface area contributed by atoms with E-state index in [1.807, 2.05) is 6.92 Å². The van der Waals surface area contributed by atoms with Crippen molar-refractivity contribution in [1.82, 2.24) is 9.36 Å². The molecule has 1 fully saturated rings. The first-order valence-electron chi connectivity index (χ1n) is 6.05. The van der Waals surface area contributed by atoms with Gasteiger partial charge in [0.25, 0.3) is 0 Å². The average molecular weight is 273 g/mol. The van der Waals surface area contributed by atoms with Crippen LogP contribution in [0.25, 0.3) is 0 Å². The van der Waals surface area contributed by atoms with Gasteiger partial charge in [-0.15, -0.1) is 0 Å². The van der Waals surface area contributed by atoms with Crippen LogP contribution in [-0.2, 0) is 20.6 Å². The highest BCUT2D eigenvalue weighted by Gasteiger charge is 2.30. The first kappa shape index (κ1) is 13.7. The van der Waals surface area contributed by atoms with Crippen molar-refractivity contribution < 1.29 is 14.2 Å². The number of anilines is 1. The molecule has 0 saturated carbocycles. The van der Waals surface area contributed by atoms with E-state index in [1.54, 1.807) is 7.11 Å². The molecule has 2 rings (SSSR count). The third-order valence-corrected chi connectivity index (χ3v) is 3.46. The molecule has 0 aromatic carbocycles. The van der Waals surface area contributed by atoms with Crippen LogP contribution in [0.15, 0.2) is 0 Å². The molecule has 0 unspecified atom stereocenters. The highest BCUT2D eigenvalue weighted by molar-refractivity contribution is 7.09. The van der Waals surface area contributed by atoms with Gasteiger partial charge in [0, 0.05) is 38.0 Å². The Morgan fingerprint density at radius 1 is 1.44 bits per heavy atom. The quantitative estimate of drug-likeness (QED) is 0.807. The topological polar surface area (TPSA) is 65.5 Å². The van der Waals surface area contributed by atoms with Gasteiger partial charge in [-0.25, -0.2) is 4.98 Å². The highest BCUT2D eigenvalue weighted by Crippen LogP contribution is 2.22. The Morgan fingerprint density at radius 3 is 2.94 bits per heavy atom. The first-order chi connectivity index (χ1) is 8.72. The van der Waals surface area contributed by atoms with E-state index in [-0.39, 0.29) is 0 Å². The molecule has 0 atom stereocenters. The summed E-state index contributed by atoms with van der Waals surface area (Å²) in [7, 11) is 1.67. The van der Waals surface area contributed by atoms with Crippen LogP contribution in [0.3, 0.4) is 0 Å². The van der Waals surface area contributed by atoms with Crippen LogP contribution < -0.4 is 5.32 Å². The molecule has 6 nitrogen and oxygen atoms in total. The molecule has 2 heterocycles. The minimum Gasteiger partial charge on any atom is -0.384 e. The lowest BCUT2D eigenvalue weighted by Gasteiger charge is -2.21. The van der Waals surface area contributed by atoms with E-state index in [4.69, 9.17) is 14.2 Å². The minimum atomic E-state index is -0.448. The lowest BCUT2D eigenvalue weighted by Crippen LogP contribution is -2.28. The second kappa shape index (κ2) is 6.42. The van der Waals surface area contributed by atoms with Crippen LogP contribution in [0.4, 0.5) is 5.13 Å². The number of hydrogen-bond acceptors (Lipinski definition) is 7. The van der Waals surface area contributed by atoms with E-state index in [2.05, 4.69) is 14.7 Å². The molecule has 0 spiro atoms. The zero-order valence-electron chi connectivity index (χ0n) is 10.8. The standard InChI is InChI=1S/C11H19N3O3S/c1-11(16-7-8-17-11)4-5-12-10-13-9(14-18-10)3-6-15-2/h3-8H2,1-2H3,(H,12,13,14). The number of methoxy groups -OCH3 is 1. The Morgan fingerprint density at radius 2 is 2.22 bits per heavy atom. The fourth-order valence-corrected chi connectivity index (χ4v) is 2.36. The Kier molecular flexibility index (Phi) is 4.87. The summed E-state index contributed by atoms with van der Waals surface area (Å²) in [6.07, 6.45) is 1.54. The Bertz CT molecular complexity index is 366. The predicted molar refractivity (Wildman–Crippen MR) is 68.9 cm³/mol. The molecule has 1 aromatic rings. The van der Waals surface area contributed by atoms with E-state index in [0.717, 1.165) is 30.3 Å². The molecule has 7 heteroatoms. The fourth-order valence-electron chi connectivity index (χ4n) is 1.72. The average Bonchev–Trinajstić information content (AvgIpc) is 2.97. The van der Waals surface area contributed by atoms with Crippen molar-refractivity contribution in [1.29, 1.82) is 0 Å². The van der Waals surface area contributed by atoms with Gasteiger partial charge in [0.1, 0.15) is 5.82 Å². The molecule has 1 aromatic heterocycles. The lowest BCUT2D eigenvalue weighted by atomic mass is 10.2. The number of ether oxygens (including phenoxy) is 3. The van der Waals surface area contributed by atoms with Gasteiger partial charge in [-0.05, 0) is 6.92 Å². The van der Waals surface area contributed by atoms with Gasteiger partial charge in [-0.1, -0.05) is 0 Å². The van der Waals surface area contributed by atoms with Crippen molar-refractivity contribution in [2.45, 2.75) is 25.6 Å². The van der Waals surface area contributed by atoms with E-state index in [1.165, 1.54) is 11.5 Å². The smallest absolute Gasteiger partial charge is 0.202 e. The predicted octanol–water partition coefficient (Wildman–Crippen LogP) is 1.29. The normalized spacial score (nSPS) is 18.1. The maximum absolute atomic E-state index is 5.53. The van der Waals surface area contributed by atoms with Gasteiger partial charge in [0.15, 0.2) is 5.79 Å². The molecule has 1 aliphatic heterocycles. The molecule has 0 amide bonds. The van der Waals surface area contributed by atoms with E-state index >= 15 is 0 Å². The van der Waals surface area contributed by atoms with Crippen molar-refractivity contribution in [3.05, 3.63) is 5.82 Å². The summed E-state index contributed by atoms with van der Waals surface area (Å²) < 4.78 is 20.3. The lowest BCUT2D eigenvalue weighted by molar-refractivity contribution is -0.144. The van der Waals surface area contributed by atoms with E-state index < -0.39 is 5.79 Å². The van der Waals surface area contributed by atoms with Gasteiger partial charge in [-0.2, -0.15) is 4.37 Å². The molecule has 0 radical (unpaired) electrons. The summed E-state index contributed by atoms with van der Waals surface area (Å²) in [5, 5.41) is 4.07. The van der Waals surface area contributed by atoms with E-state index in [9.17, 15) is 0 Å². The third kappa shape index (κ3) is 3.88. The zero-order valence-corrected chi connectivity index (χ0v) is 11.6. The monoisotopic (exact) mass is 273 g/mol. The van der Waals surface area contributed by atoms with Crippen LogP contribution >= 0.6 is 11.5 Å². The maximum Gasteiger partial charge on any atom is 0.202 e. The maximum atomic E-state index is 5.53. The number of hydrogen-bond donors (Lipinski definition) is 1. The second-order valence-corrected chi connectivity index (χ2v) is 5.02. The summed E-state index contributed by atoms with van der Waals surface area (Å²) in [4.78, 5) is 4.37. The van der Waals surface area contributed by atoms with Crippen LogP contribution in [0.2, 0.25) is 0 Å².